The molecule has 1 N–H and O–H groups in total. The van der Waals surface area contributed by atoms with Crippen molar-refractivity contribution in [2.75, 3.05) is 19.8 Å². The minimum atomic E-state index is -1.12. The van der Waals surface area contributed by atoms with Crippen molar-refractivity contribution in [1.29, 1.82) is 0 Å². The van der Waals surface area contributed by atoms with E-state index < -0.39 is 5.97 Å². The Morgan fingerprint density at radius 1 is 1.36 bits per heavy atom. The average Bonchev–Trinajstić information content (AvgIpc) is 2.75. The molecular formula is C15H18N2O5. The highest BCUT2D eigenvalue weighted by Gasteiger charge is 2.41. The summed E-state index contributed by atoms with van der Waals surface area (Å²) in [4.78, 5) is 29.8. The van der Waals surface area contributed by atoms with Gasteiger partial charge in [0.05, 0.1) is 31.9 Å². The number of hydrogen-bond acceptors (Lipinski definition) is 5. The van der Waals surface area contributed by atoms with Gasteiger partial charge in [0.1, 0.15) is 11.3 Å². The molecule has 118 valence electrons. The maximum absolute atomic E-state index is 12.7. The monoisotopic (exact) mass is 306 g/mol. The van der Waals surface area contributed by atoms with E-state index in [-0.39, 0.29) is 41.7 Å². The third kappa shape index (κ3) is 2.52. The Morgan fingerprint density at radius 3 is 2.64 bits per heavy atom. The van der Waals surface area contributed by atoms with Crippen LogP contribution in [0.4, 0.5) is 0 Å². The molecule has 2 atom stereocenters. The fraction of sp³-hybridized carbons (Fsp3) is 0.533. The topological polar surface area (TPSA) is 89.0 Å². The van der Waals surface area contributed by atoms with Crippen molar-refractivity contribution in [2.45, 2.75) is 31.8 Å². The third-order valence-corrected chi connectivity index (χ3v) is 4.07. The van der Waals surface area contributed by atoms with Crippen LogP contribution in [0.2, 0.25) is 0 Å². The summed E-state index contributed by atoms with van der Waals surface area (Å²) in [5, 5.41) is 9.13. The SMILES string of the molecule is CCOc1nc(C(=O)N2C3CCC2COC3)ccc1C(=O)O. The molecule has 7 nitrogen and oxygen atoms in total. The lowest BCUT2D eigenvalue weighted by atomic mass is 10.2. The predicted octanol–water partition coefficient (Wildman–Crippen LogP) is 1.18. The fourth-order valence-electron chi connectivity index (χ4n) is 3.06. The molecule has 2 aliphatic rings. The Balaban J connectivity index is 1.89. The molecule has 1 amide bonds. The van der Waals surface area contributed by atoms with Crippen molar-refractivity contribution in [1.82, 2.24) is 9.88 Å². The summed E-state index contributed by atoms with van der Waals surface area (Å²) in [6.45, 7) is 3.12. The van der Waals surface area contributed by atoms with Gasteiger partial charge in [-0.15, -0.1) is 0 Å². The summed E-state index contributed by atoms with van der Waals surface area (Å²) >= 11 is 0. The van der Waals surface area contributed by atoms with E-state index in [1.807, 2.05) is 4.90 Å². The van der Waals surface area contributed by atoms with E-state index >= 15 is 0 Å². The number of rotatable bonds is 4. The van der Waals surface area contributed by atoms with E-state index in [0.717, 1.165) is 12.8 Å². The first-order chi connectivity index (χ1) is 10.6. The van der Waals surface area contributed by atoms with Gasteiger partial charge in [0.25, 0.3) is 5.91 Å². The molecule has 1 aromatic rings. The van der Waals surface area contributed by atoms with E-state index in [9.17, 15) is 9.59 Å². The molecule has 0 aromatic carbocycles. The van der Waals surface area contributed by atoms with Gasteiger partial charge in [0, 0.05) is 0 Å². The second kappa shape index (κ2) is 5.92. The van der Waals surface area contributed by atoms with Crippen molar-refractivity contribution < 1.29 is 24.2 Å². The first-order valence-corrected chi connectivity index (χ1v) is 7.39. The molecule has 2 unspecified atom stereocenters. The minimum absolute atomic E-state index is 0.0125. The number of carbonyl (C=O) groups is 2. The number of aromatic nitrogens is 1. The zero-order valence-corrected chi connectivity index (χ0v) is 12.3. The normalized spacial score (nSPS) is 23.4. The Kier molecular flexibility index (Phi) is 3.98. The maximum Gasteiger partial charge on any atom is 0.341 e. The van der Waals surface area contributed by atoms with Gasteiger partial charge >= 0.3 is 5.97 Å². The highest BCUT2D eigenvalue weighted by molar-refractivity contribution is 5.95. The summed E-state index contributed by atoms with van der Waals surface area (Å²) in [6.07, 6.45) is 1.86. The number of fused-ring (bicyclic) bond motifs is 2. The summed E-state index contributed by atoms with van der Waals surface area (Å²) < 4.78 is 10.7. The van der Waals surface area contributed by atoms with E-state index in [4.69, 9.17) is 14.6 Å². The van der Waals surface area contributed by atoms with Crippen LogP contribution in [-0.4, -0.2) is 58.8 Å². The molecule has 3 rings (SSSR count). The molecule has 2 aliphatic heterocycles. The Hall–Kier alpha value is -2.15. The number of aromatic carboxylic acids is 1. The van der Waals surface area contributed by atoms with Gasteiger partial charge in [-0.2, -0.15) is 0 Å². The first-order valence-electron chi connectivity index (χ1n) is 7.39. The number of morpholine rings is 1. The smallest absolute Gasteiger partial charge is 0.341 e. The summed E-state index contributed by atoms with van der Waals surface area (Å²) in [7, 11) is 0. The minimum Gasteiger partial charge on any atom is -0.477 e. The number of amides is 1. The van der Waals surface area contributed by atoms with Crippen molar-refractivity contribution in [3.63, 3.8) is 0 Å². The lowest BCUT2D eigenvalue weighted by Crippen LogP contribution is -2.49. The molecule has 0 radical (unpaired) electrons. The summed E-state index contributed by atoms with van der Waals surface area (Å²) in [5.74, 6) is -1.32. The largest absolute Gasteiger partial charge is 0.477 e. The number of carboxylic acids is 1. The number of carboxylic acid groups (broad SMARTS) is 1. The van der Waals surface area contributed by atoms with Crippen LogP contribution in [0, 0.1) is 0 Å². The van der Waals surface area contributed by atoms with Gasteiger partial charge < -0.3 is 19.5 Å². The second-order valence-electron chi connectivity index (χ2n) is 5.42. The van der Waals surface area contributed by atoms with Crippen molar-refractivity contribution >= 4 is 11.9 Å². The van der Waals surface area contributed by atoms with Crippen LogP contribution >= 0.6 is 0 Å². The van der Waals surface area contributed by atoms with Gasteiger partial charge in [-0.05, 0) is 31.9 Å². The molecular weight excluding hydrogens is 288 g/mol. The van der Waals surface area contributed by atoms with E-state index in [0.29, 0.717) is 13.2 Å². The van der Waals surface area contributed by atoms with Crippen LogP contribution in [0.15, 0.2) is 12.1 Å². The zero-order chi connectivity index (χ0) is 15.7. The van der Waals surface area contributed by atoms with Crippen LogP contribution < -0.4 is 4.74 Å². The molecule has 0 saturated carbocycles. The van der Waals surface area contributed by atoms with Crippen LogP contribution in [0.3, 0.4) is 0 Å². The van der Waals surface area contributed by atoms with E-state index in [1.54, 1.807) is 6.92 Å². The van der Waals surface area contributed by atoms with Gasteiger partial charge in [-0.25, -0.2) is 9.78 Å². The molecule has 2 fully saturated rings. The Morgan fingerprint density at radius 2 is 2.05 bits per heavy atom. The highest BCUT2D eigenvalue weighted by atomic mass is 16.5. The number of hydrogen-bond donors (Lipinski definition) is 1. The highest BCUT2D eigenvalue weighted by Crippen LogP contribution is 2.30. The summed E-state index contributed by atoms with van der Waals surface area (Å²) in [5.41, 5.74) is 0.176. The third-order valence-electron chi connectivity index (χ3n) is 4.07. The predicted molar refractivity (Wildman–Crippen MR) is 76.2 cm³/mol. The fourth-order valence-corrected chi connectivity index (χ4v) is 3.06. The number of nitrogens with zero attached hydrogens (tertiary/aromatic N) is 2. The number of pyridine rings is 1. The maximum atomic E-state index is 12.7. The molecule has 3 heterocycles. The van der Waals surface area contributed by atoms with Crippen molar-refractivity contribution in [3.05, 3.63) is 23.4 Å². The van der Waals surface area contributed by atoms with Crippen LogP contribution in [0.5, 0.6) is 5.88 Å². The molecule has 1 aromatic heterocycles. The van der Waals surface area contributed by atoms with Crippen LogP contribution in [0.1, 0.15) is 40.6 Å². The zero-order valence-electron chi connectivity index (χ0n) is 12.3. The molecule has 22 heavy (non-hydrogen) atoms. The van der Waals surface area contributed by atoms with Gasteiger partial charge in [-0.1, -0.05) is 0 Å². The first kappa shape index (κ1) is 14.8. The van der Waals surface area contributed by atoms with Crippen molar-refractivity contribution in [2.24, 2.45) is 0 Å². The van der Waals surface area contributed by atoms with Crippen LogP contribution in [0.25, 0.3) is 0 Å². The van der Waals surface area contributed by atoms with E-state index in [2.05, 4.69) is 4.98 Å². The quantitative estimate of drug-likeness (QED) is 0.898. The van der Waals surface area contributed by atoms with Gasteiger partial charge in [0.15, 0.2) is 0 Å². The average molecular weight is 306 g/mol. The number of carbonyl (C=O) groups excluding carboxylic acids is 1. The molecule has 2 saturated heterocycles. The second-order valence-corrected chi connectivity index (χ2v) is 5.42. The van der Waals surface area contributed by atoms with Crippen molar-refractivity contribution in [3.8, 4) is 5.88 Å². The summed E-state index contributed by atoms with van der Waals surface area (Å²) in [6, 6.07) is 2.99. The Bertz CT molecular complexity index is 588. The lowest BCUT2D eigenvalue weighted by Gasteiger charge is -2.34. The Labute approximate surface area is 127 Å². The van der Waals surface area contributed by atoms with Gasteiger partial charge in [0.2, 0.25) is 5.88 Å². The molecule has 7 heteroatoms. The molecule has 2 bridgehead atoms. The van der Waals surface area contributed by atoms with Gasteiger partial charge in [-0.3, -0.25) is 4.79 Å². The van der Waals surface area contributed by atoms with E-state index in [1.165, 1.54) is 12.1 Å². The standard InChI is InChI=1S/C15H18N2O5/c1-2-22-13-11(15(19)20)5-6-12(16-13)14(18)17-9-3-4-10(17)8-21-7-9/h5-6,9-10H,2-4,7-8H2,1H3,(H,19,20). The molecule has 0 spiro atoms. The lowest BCUT2D eigenvalue weighted by molar-refractivity contribution is -0.00751. The number of ether oxygens (including phenoxy) is 2. The molecule has 0 aliphatic carbocycles. The van der Waals surface area contributed by atoms with Crippen LogP contribution in [-0.2, 0) is 4.74 Å².